The van der Waals surface area contributed by atoms with Crippen molar-refractivity contribution < 1.29 is 23.9 Å². The topological polar surface area (TPSA) is 84.9 Å². The number of rotatable bonds is 5. The molecule has 2 aliphatic heterocycles. The first-order chi connectivity index (χ1) is 13.0. The van der Waals surface area contributed by atoms with Crippen LogP contribution in [0.2, 0.25) is 0 Å². The highest BCUT2D eigenvalue weighted by Crippen LogP contribution is 2.65. The van der Waals surface area contributed by atoms with E-state index in [0.29, 0.717) is 32.1 Å². The number of hydrogen-bond acceptors (Lipinski definition) is 5. The lowest BCUT2D eigenvalue weighted by Gasteiger charge is -2.37. The van der Waals surface area contributed by atoms with E-state index in [1.807, 2.05) is 20.8 Å². The highest BCUT2D eigenvalue weighted by molar-refractivity contribution is 5.92. The maximum absolute atomic E-state index is 13.5. The van der Waals surface area contributed by atoms with Gasteiger partial charge in [0.25, 0.3) is 0 Å². The number of methoxy groups -OCH3 is 1. The predicted octanol–water partition coefficient (Wildman–Crippen LogP) is 1.60. The number of esters is 1. The number of hydrogen-bond donors (Lipinski definition) is 1. The Hall–Kier alpha value is -1.63. The van der Waals surface area contributed by atoms with Gasteiger partial charge < -0.3 is 19.7 Å². The van der Waals surface area contributed by atoms with Gasteiger partial charge in [0.15, 0.2) is 0 Å². The van der Waals surface area contributed by atoms with Crippen LogP contribution in [0.25, 0.3) is 0 Å². The summed E-state index contributed by atoms with van der Waals surface area (Å²) in [5.74, 6) is -0.0688. The summed E-state index contributed by atoms with van der Waals surface area (Å²) in [6, 6.07) is -1.25. The first-order valence-electron chi connectivity index (χ1n) is 10.2. The highest BCUT2D eigenvalue weighted by atomic mass is 16.5. The van der Waals surface area contributed by atoms with E-state index in [1.54, 1.807) is 4.90 Å². The lowest BCUT2D eigenvalue weighted by molar-refractivity contribution is -0.155. The third-order valence-electron chi connectivity index (χ3n) is 6.85. The van der Waals surface area contributed by atoms with Crippen LogP contribution in [0.15, 0.2) is 0 Å². The van der Waals surface area contributed by atoms with Crippen molar-refractivity contribution in [3.63, 3.8) is 0 Å². The Bertz CT molecular complexity index is 648. The van der Waals surface area contributed by atoms with Crippen LogP contribution in [0.5, 0.6) is 0 Å². The number of nitrogens with zero attached hydrogens (tertiary/aromatic N) is 1. The van der Waals surface area contributed by atoms with Gasteiger partial charge in [-0.1, -0.05) is 34.6 Å². The van der Waals surface area contributed by atoms with Crippen molar-refractivity contribution in [1.29, 1.82) is 0 Å². The van der Waals surface area contributed by atoms with Gasteiger partial charge in [-0.05, 0) is 29.1 Å². The fourth-order valence-corrected chi connectivity index (χ4v) is 4.94. The van der Waals surface area contributed by atoms with E-state index in [0.717, 1.165) is 6.42 Å². The standard InChI is InChI=1S/C21H34N2O5/c1-20(2,3)17(22-14(24)9-12-7-8-28-11-12)18(25)23-10-13-15(21(13,4)5)16(23)19(26)27-6/h12-13,15-17H,7-11H2,1-6H3,(H,22,24)/t12?,13-,15-,16-,17+/m0/s1. The van der Waals surface area contributed by atoms with Gasteiger partial charge in [0, 0.05) is 32.1 Å². The van der Waals surface area contributed by atoms with Crippen molar-refractivity contribution in [2.45, 2.75) is 59.5 Å². The monoisotopic (exact) mass is 394 g/mol. The lowest BCUT2D eigenvalue weighted by atomic mass is 9.85. The van der Waals surface area contributed by atoms with Gasteiger partial charge in [-0.15, -0.1) is 0 Å². The molecule has 5 atom stereocenters. The number of nitrogens with one attached hydrogen (secondary N) is 1. The Balaban J connectivity index is 1.74. The van der Waals surface area contributed by atoms with Crippen LogP contribution in [0.3, 0.4) is 0 Å². The summed E-state index contributed by atoms with van der Waals surface area (Å²) in [7, 11) is 1.36. The van der Waals surface area contributed by atoms with Crippen LogP contribution in [0, 0.1) is 28.6 Å². The summed E-state index contributed by atoms with van der Waals surface area (Å²) in [5, 5.41) is 2.95. The second kappa shape index (κ2) is 7.32. The molecule has 3 rings (SSSR count). The third kappa shape index (κ3) is 3.78. The quantitative estimate of drug-likeness (QED) is 0.716. The predicted molar refractivity (Wildman–Crippen MR) is 103 cm³/mol. The molecule has 7 heteroatoms. The molecule has 2 heterocycles. The summed E-state index contributed by atoms with van der Waals surface area (Å²) < 4.78 is 10.3. The van der Waals surface area contributed by atoms with Gasteiger partial charge in [0.05, 0.1) is 7.11 Å². The van der Waals surface area contributed by atoms with Crippen molar-refractivity contribution in [1.82, 2.24) is 10.2 Å². The molecule has 0 bridgehead atoms. The Labute approximate surface area is 167 Å². The minimum Gasteiger partial charge on any atom is -0.467 e. The molecule has 7 nitrogen and oxygen atoms in total. The van der Waals surface area contributed by atoms with Crippen LogP contribution in [-0.4, -0.2) is 61.6 Å². The second-order valence-electron chi connectivity index (χ2n) is 10.2. The van der Waals surface area contributed by atoms with Crippen LogP contribution < -0.4 is 5.32 Å². The minimum atomic E-state index is -0.685. The molecule has 0 radical (unpaired) electrons. The second-order valence-corrected chi connectivity index (χ2v) is 10.2. The summed E-state index contributed by atoms with van der Waals surface area (Å²) in [4.78, 5) is 40.1. The molecule has 1 unspecified atom stereocenters. The van der Waals surface area contributed by atoms with E-state index < -0.39 is 17.5 Å². The average molecular weight is 395 g/mol. The van der Waals surface area contributed by atoms with Gasteiger partial charge >= 0.3 is 5.97 Å². The van der Waals surface area contributed by atoms with Crippen LogP contribution in [0.1, 0.15) is 47.5 Å². The Kier molecular flexibility index (Phi) is 5.51. The molecular weight excluding hydrogens is 360 g/mol. The zero-order valence-corrected chi connectivity index (χ0v) is 17.9. The van der Waals surface area contributed by atoms with Crippen LogP contribution in [0.4, 0.5) is 0 Å². The van der Waals surface area contributed by atoms with E-state index in [4.69, 9.17) is 9.47 Å². The number of carbonyl (C=O) groups excluding carboxylic acids is 3. The van der Waals surface area contributed by atoms with E-state index in [-0.39, 0.29) is 35.0 Å². The van der Waals surface area contributed by atoms with Crippen molar-refractivity contribution in [3.05, 3.63) is 0 Å². The third-order valence-corrected chi connectivity index (χ3v) is 6.85. The molecule has 0 spiro atoms. The zero-order valence-electron chi connectivity index (χ0n) is 17.9. The molecular formula is C21H34N2O5. The van der Waals surface area contributed by atoms with Crippen molar-refractivity contribution in [3.8, 4) is 0 Å². The summed E-state index contributed by atoms with van der Waals surface area (Å²) in [6.45, 7) is 11.9. The maximum Gasteiger partial charge on any atom is 0.328 e. The molecule has 158 valence electrons. The summed E-state index contributed by atoms with van der Waals surface area (Å²) in [5.41, 5.74) is -0.430. The Morgan fingerprint density at radius 3 is 2.50 bits per heavy atom. The van der Waals surface area contributed by atoms with Crippen molar-refractivity contribution >= 4 is 17.8 Å². The first kappa shape index (κ1) is 21.1. The van der Waals surface area contributed by atoms with Crippen LogP contribution >= 0.6 is 0 Å². The maximum atomic E-state index is 13.5. The van der Waals surface area contributed by atoms with Crippen LogP contribution in [-0.2, 0) is 23.9 Å². The number of ether oxygens (including phenoxy) is 2. The van der Waals surface area contributed by atoms with Gasteiger partial charge in [0.2, 0.25) is 11.8 Å². The molecule has 0 aromatic rings. The fourth-order valence-electron chi connectivity index (χ4n) is 4.94. The molecule has 3 fully saturated rings. The number of carbonyl (C=O) groups is 3. The largest absolute Gasteiger partial charge is 0.467 e. The zero-order chi connectivity index (χ0) is 20.9. The van der Waals surface area contributed by atoms with E-state index >= 15 is 0 Å². The molecule has 1 aliphatic carbocycles. The normalized spacial score (nSPS) is 31.9. The van der Waals surface area contributed by atoms with Crippen molar-refractivity contribution in [2.24, 2.45) is 28.6 Å². The lowest BCUT2D eigenvalue weighted by Crippen LogP contribution is -2.58. The van der Waals surface area contributed by atoms with Gasteiger partial charge in [0.1, 0.15) is 12.1 Å². The highest BCUT2D eigenvalue weighted by Gasteiger charge is 2.70. The molecule has 28 heavy (non-hydrogen) atoms. The summed E-state index contributed by atoms with van der Waals surface area (Å²) in [6.07, 6.45) is 1.23. The molecule has 1 N–H and O–H groups in total. The van der Waals surface area contributed by atoms with Gasteiger partial charge in [-0.2, -0.15) is 0 Å². The van der Waals surface area contributed by atoms with Crippen molar-refractivity contribution in [2.75, 3.05) is 26.9 Å². The number of amides is 2. The van der Waals surface area contributed by atoms with E-state index in [1.165, 1.54) is 7.11 Å². The molecule has 2 amide bonds. The smallest absolute Gasteiger partial charge is 0.328 e. The molecule has 2 saturated heterocycles. The average Bonchev–Trinajstić information content (AvgIpc) is 3.04. The SMILES string of the molecule is COC(=O)[C@@H]1[C@@H]2[C@H](CN1C(=O)[C@@H](NC(=O)CC1CCOC1)C(C)(C)C)C2(C)C. The van der Waals surface area contributed by atoms with E-state index in [9.17, 15) is 14.4 Å². The number of fused-ring (bicyclic) bond motifs is 1. The number of piperidine rings is 1. The first-order valence-corrected chi connectivity index (χ1v) is 10.2. The molecule has 0 aromatic carbocycles. The van der Waals surface area contributed by atoms with Gasteiger partial charge in [-0.25, -0.2) is 4.79 Å². The Morgan fingerprint density at radius 2 is 1.96 bits per heavy atom. The van der Waals surface area contributed by atoms with E-state index in [2.05, 4.69) is 19.2 Å². The molecule has 3 aliphatic rings. The molecule has 0 aromatic heterocycles. The Morgan fingerprint density at radius 1 is 1.29 bits per heavy atom. The van der Waals surface area contributed by atoms with Gasteiger partial charge in [-0.3, -0.25) is 9.59 Å². The minimum absolute atomic E-state index is 0.0403. The number of likely N-dealkylation sites (tertiary alicyclic amines) is 1. The summed E-state index contributed by atoms with van der Waals surface area (Å²) >= 11 is 0. The molecule has 1 saturated carbocycles. The fraction of sp³-hybridized carbons (Fsp3) is 0.857.